The van der Waals surface area contributed by atoms with Crippen LogP contribution in [0.15, 0.2) is 17.1 Å². The highest BCUT2D eigenvalue weighted by molar-refractivity contribution is 5.94. The maximum absolute atomic E-state index is 12.4. The summed E-state index contributed by atoms with van der Waals surface area (Å²) in [4.78, 5) is 26.8. The van der Waals surface area contributed by atoms with E-state index in [1.807, 2.05) is 14.0 Å². The maximum Gasteiger partial charge on any atom is 0.256 e. The van der Waals surface area contributed by atoms with E-state index in [-0.39, 0.29) is 22.9 Å². The van der Waals surface area contributed by atoms with Crippen LogP contribution in [0, 0.1) is 6.92 Å². The molecule has 2 aliphatic rings. The molecule has 6 heteroatoms. The molecule has 3 rings (SSSR count). The van der Waals surface area contributed by atoms with Crippen LogP contribution in [0.3, 0.4) is 0 Å². The van der Waals surface area contributed by atoms with Crippen molar-refractivity contribution in [3.63, 3.8) is 0 Å². The highest BCUT2D eigenvalue weighted by atomic mass is 16.5. The van der Waals surface area contributed by atoms with Gasteiger partial charge in [-0.05, 0) is 32.6 Å². The van der Waals surface area contributed by atoms with E-state index in [0.717, 1.165) is 51.2 Å². The molecular weight excluding hydrogens is 306 g/mol. The lowest BCUT2D eigenvalue weighted by molar-refractivity contribution is 0.0612. The average Bonchev–Trinajstić information content (AvgIpc) is 3.05. The highest BCUT2D eigenvalue weighted by Gasteiger charge is 2.25. The van der Waals surface area contributed by atoms with Gasteiger partial charge in [0.2, 0.25) is 0 Å². The molecule has 0 aliphatic carbocycles. The van der Waals surface area contributed by atoms with Crippen molar-refractivity contribution in [1.82, 2.24) is 14.8 Å². The number of carbonyl (C=O) groups excluding carboxylic acids is 1. The Balaban J connectivity index is 1.51. The second-order valence-corrected chi connectivity index (χ2v) is 6.99. The van der Waals surface area contributed by atoms with Crippen LogP contribution in [0.4, 0.5) is 0 Å². The third kappa shape index (κ3) is 4.05. The predicted molar refractivity (Wildman–Crippen MR) is 92.3 cm³/mol. The smallest absolute Gasteiger partial charge is 0.256 e. The van der Waals surface area contributed by atoms with Crippen molar-refractivity contribution in [2.75, 3.05) is 26.2 Å². The summed E-state index contributed by atoms with van der Waals surface area (Å²) in [6.07, 6.45) is 6.18. The number of rotatable bonds is 4. The van der Waals surface area contributed by atoms with E-state index in [1.165, 1.54) is 12.5 Å². The van der Waals surface area contributed by atoms with Crippen molar-refractivity contribution >= 4 is 5.91 Å². The largest absolute Gasteiger partial charge is 0.377 e. The fourth-order valence-corrected chi connectivity index (χ4v) is 3.50. The first-order chi connectivity index (χ1) is 11.5. The number of nitrogens with one attached hydrogen (secondary N) is 1. The molecule has 1 amide bonds. The van der Waals surface area contributed by atoms with Crippen LogP contribution in [0.1, 0.15) is 41.7 Å². The van der Waals surface area contributed by atoms with Crippen LogP contribution in [0.25, 0.3) is 0 Å². The van der Waals surface area contributed by atoms with Gasteiger partial charge in [0, 0.05) is 57.3 Å². The van der Waals surface area contributed by atoms with Gasteiger partial charge in [0.25, 0.3) is 5.91 Å². The Morgan fingerprint density at radius 1 is 1.33 bits per heavy atom. The molecule has 2 aliphatic heterocycles. The molecule has 1 unspecified atom stereocenters. The van der Waals surface area contributed by atoms with Crippen LogP contribution >= 0.6 is 0 Å². The standard InChI is InChI=1S/C18H27N3O3/c1-13-10-17(22)16(12-20(13)2)18(23)19-14-5-7-21(8-6-14)11-15-4-3-9-24-15/h10,12,14-15H,3-9,11H2,1-2H3,(H,19,23). The van der Waals surface area contributed by atoms with Gasteiger partial charge >= 0.3 is 0 Å². The summed E-state index contributed by atoms with van der Waals surface area (Å²) in [6, 6.07) is 1.66. The normalized spacial score (nSPS) is 22.7. The SMILES string of the molecule is Cc1cc(=O)c(C(=O)NC2CCN(CC3CCCO3)CC2)cn1C. The molecule has 0 bridgehead atoms. The van der Waals surface area contributed by atoms with E-state index >= 15 is 0 Å². The molecule has 3 heterocycles. The van der Waals surface area contributed by atoms with Gasteiger partial charge in [-0.2, -0.15) is 0 Å². The number of ether oxygens (including phenoxy) is 1. The third-order valence-electron chi connectivity index (χ3n) is 5.14. The number of nitrogens with zero attached hydrogens (tertiary/aromatic N) is 2. The van der Waals surface area contributed by atoms with Gasteiger partial charge in [-0.15, -0.1) is 0 Å². The summed E-state index contributed by atoms with van der Waals surface area (Å²) < 4.78 is 7.50. The van der Waals surface area contributed by atoms with Crippen molar-refractivity contribution in [2.24, 2.45) is 7.05 Å². The molecular formula is C18H27N3O3. The van der Waals surface area contributed by atoms with E-state index in [0.29, 0.717) is 6.10 Å². The minimum absolute atomic E-state index is 0.143. The Morgan fingerprint density at radius 3 is 2.75 bits per heavy atom. The van der Waals surface area contributed by atoms with Crippen molar-refractivity contribution in [1.29, 1.82) is 0 Å². The van der Waals surface area contributed by atoms with E-state index in [9.17, 15) is 9.59 Å². The Labute approximate surface area is 142 Å². The van der Waals surface area contributed by atoms with Crippen LogP contribution < -0.4 is 10.7 Å². The molecule has 132 valence electrons. The molecule has 1 aromatic rings. The number of amides is 1. The third-order valence-corrected chi connectivity index (χ3v) is 5.14. The molecule has 0 saturated carbocycles. The topological polar surface area (TPSA) is 63.6 Å². The Morgan fingerprint density at radius 2 is 2.08 bits per heavy atom. The van der Waals surface area contributed by atoms with Crippen molar-refractivity contribution in [3.05, 3.63) is 33.7 Å². The molecule has 24 heavy (non-hydrogen) atoms. The first kappa shape index (κ1) is 17.2. The zero-order valence-electron chi connectivity index (χ0n) is 14.6. The first-order valence-electron chi connectivity index (χ1n) is 8.85. The summed E-state index contributed by atoms with van der Waals surface area (Å²) in [5.41, 5.74) is 0.864. The van der Waals surface area contributed by atoms with Crippen molar-refractivity contribution in [2.45, 2.75) is 44.8 Å². The number of pyridine rings is 1. The van der Waals surface area contributed by atoms with Crippen LogP contribution in [-0.4, -0.2) is 53.8 Å². The molecule has 1 atom stereocenters. The van der Waals surface area contributed by atoms with E-state index < -0.39 is 0 Å². The van der Waals surface area contributed by atoms with Gasteiger partial charge in [-0.1, -0.05) is 0 Å². The maximum atomic E-state index is 12.4. The number of piperidine rings is 1. The lowest BCUT2D eigenvalue weighted by Crippen LogP contribution is -2.47. The van der Waals surface area contributed by atoms with Gasteiger partial charge in [0.05, 0.1) is 6.10 Å². The summed E-state index contributed by atoms with van der Waals surface area (Å²) in [5.74, 6) is -0.256. The van der Waals surface area contributed by atoms with Crippen LogP contribution in [0.5, 0.6) is 0 Å². The fourth-order valence-electron chi connectivity index (χ4n) is 3.50. The Kier molecular flexibility index (Phi) is 5.36. The molecule has 6 nitrogen and oxygen atoms in total. The van der Waals surface area contributed by atoms with Gasteiger partial charge in [-0.25, -0.2) is 0 Å². The molecule has 2 fully saturated rings. The minimum atomic E-state index is -0.256. The summed E-state index contributed by atoms with van der Waals surface area (Å²) in [5, 5.41) is 3.03. The molecule has 1 aromatic heterocycles. The van der Waals surface area contributed by atoms with E-state index in [4.69, 9.17) is 4.74 Å². The molecule has 1 N–H and O–H groups in total. The number of hydrogen-bond donors (Lipinski definition) is 1. The van der Waals surface area contributed by atoms with E-state index in [1.54, 1.807) is 10.8 Å². The lowest BCUT2D eigenvalue weighted by atomic mass is 10.0. The molecule has 0 radical (unpaired) electrons. The predicted octanol–water partition coefficient (Wildman–Crippen LogP) is 1.07. The first-order valence-corrected chi connectivity index (χ1v) is 8.85. The second kappa shape index (κ2) is 7.49. The zero-order chi connectivity index (χ0) is 17.1. The molecule has 0 spiro atoms. The quantitative estimate of drug-likeness (QED) is 0.895. The van der Waals surface area contributed by atoms with Gasteiger partial charge < -0.3 is 19.5 Å². The van der Waals surface area contributed by atoms with Crippen LogP contribution in [0.2, 0.25) is 0 Å². The number of aryl methyl sites for hydroxylation is 2. The summed E-state index contributed by atoms with van der Waals surface area (Å²) >= 11 is 0. The van der Waals surface area contributed by atoms with Crippen molar-refractivity contribution < 1.29 is 9.53 Å². The van der Waals surface area contributed by atoms with Gasteiger partial charge in [0.15, 0.2) is 5.43 Å². The number of likely N-dealkylation sites (tertiary alicyclic amines) is 1. The molecule has 0 aromatic carbocycles. The number of carbonyl (C=O) groups is 1. The average molecular weight is 333 g/mol. The van der Waals surface area contributed by atoms with E-state index in [2.05, 4.69) is 10.2 Å². The molecule has 2 saturated heterocycles. The number of aromatic nitrogens is 1. The monoisotopic (exact) mass is 333 g/mol. The van der Waals surface area contributed by atoms with Crippen LogP contribution in [-0.2, 0) is 11.8 Å². The number of hydrogen-bond acceptors (Lipinski definition) is 4. The fraction of sp³-hybridized carbons (Fsp3) is 0.667. The minimum Gasteiger partial charge on any atom is -0.377 e. The van der Waals surface area contributed by atoms with Gasteiger partial charge in [0.1, 0.15) is 5.56 Å². The van der Waals surface area contributed by atoms with Crippen molar-refractivity contribution in [3.8, 4) is 0 Å². The summed E-state index contributed by atoms with van der Waals surface area (Å²) in [7, 11) is 1.84. The second-order valence-electron chi connectivity index (χ2n) is 6.99. The van der Waals surface area contributed by atoms with Gasteiger partial charge in [-0.3, -0.25) is 9.59 Å². The summed E-state index contributed by atoms with van der Waals surface area (Å²) in [6.45, 7) is 5.68. The lowest BCUT2D eigenvalue weighted by Gasteiger charge is -2.33. The zero-order valence-corrected chi connectivity index (χ0v) is 14.6. The highest BCUT2D eigenvalue weighted by Crippen LogP contribution is 2.17. The Hall–Kier alpha value is -1.66. The Bertz CT molecular complexity index is 641.